The van der Waals surface area contributed by atoms with E-state index < -0.39 is 97.5 Å². The molecule has 604 valence electrons. The van der Waals surface area contributed by atoms with Crippen LogP contribution in [0.5, 0.6) is 0 Å². The van der Waals surface area contributed by atoms with Crippen LogP contribution in [-0.4, -0.2) is 96.7 Å². The zero-order valence-electron chi connectivity index (χ0n) is 66.2. The maximum Gasteiger partial charge on any atom is 0.472 e. The second-order valence-corrected chi connectivity index (χ2v) is 30.9. The molecule has 0 fully saturated rings. The number of ether oxygens (including phenoxy) is 4. The van der Waals surface area contributed by atoms with Crippen molar-refractivity contribution in [3.05, 3.63) is 85.1 Å². The van der Waals surface area contributed by atoms with E-state index in [4.69, 9.17) is 37.0 Å². The first-order chi connectivity index (χ1) is 50.7. The van der Waals surface area contributed by atoms with Crippen LogP contribution >= 0.6 is 15.6 Å². The summed E-state index contributed by atoms with van der Waals surface area (Å²) in [5.41, 5.74) is 0. The van der Waals surface area contributed by atoms with Crippen LogP contribution in [0.4, 0.5) is 0 Å². The number of unbranched alkanes of at least 4 members (excludes halogenated alkanes) is 39. The van der Waals surface area contributed by atoms with Crippen molar-refractivity contribution in [2.75, 3.05) is 39.6 Å². The Bertz CT molecular complexity index is 2300. The lowest BCUT2D eigenvalue weighted by Gasteiger charge is -2.21. The van der Waals surface area contributed by atoms with Crippen LogP contribution < -0.4 is 0 Å². The summed E-state index contributed by atoms with van der Waals surface area (Å²) < 4.78 is 68.8. The van der Waals surface area contributed by atoms with Crippen LogP contribution in [0.3, 0.4) is 0 Å². The summed E-state index contributed by atoms with van der Waals surface area (Å²) >= 11 is 0. The number of allylic oxidation sites excluding steroid dienone is 14. The number of hydrogen-bond donors (Lipinski definition) is 3. The molecule has 0 radical (unpaired) electrons. The molecule has 0 aromatic carbocycles. The first-order valence-electron chi connectivity index (χ1n) is 41.8. The topological polar surface area (TPSA) is 237 Å². The van der Waals surface area contributed by atoms with E-state index in [0.717, 1.165) is 173 Å². The zero-order valence-corrected chi connectivity index (χ0v) is 68.0. The number of rotatable bonds is 79. The lowest BCUT2D eigenvalue weighted by Crippen LogP contribution is -2.30. The van der Waals surface area contributed by atoms with Crippen LogP contribution in [0.25, 0.3) is 0 Å². The summed E-state index contributed by atoms with van der Waals surface area (Å²) in [4.78, 5) is 73.1. The highest BCUT2D eigenvalue weighted by Crippen LogP contribution is 2.45. The molecule has 104 heavy (non-hydrogen) atoms. The Hall–Kier alpha value is -3.76. The Morgan fingerprint density at radius 2 is 0.500 bits per heavy atom. The van der Waals surface area contributed by atoms with Gasteiger partial charge in [0.2, 0.25) is 0 Å². The van der Waals surface area contributed by atoms with Crippen molar-refractivity contribution in [3.63, 3.8) is 0 Å². The molecule has 0 aromatic rings. The van der Waals surface area contributed by atoms with Gasteiger partial charge in [-0.05, 0) is 96.3 Å². The van der Waals surface area contributed by atoms with E-state index in [9.17, 15) is 43.2 Å². The summed E-state index contributed by atoms with van der Waals surface area (Å²) in [6.07, 6.45) is 81.1. The average molecular weight is 1510 g/mol. The minimum absolute atomic E-state index is 0.0817. The molecule has 0 rings (SSSR count). The van der Waals surface area contributed by atoms with Crippen molar-refractivity contribution < 1.29 is 80.2 Å². The third-order valence-electron chi connectivity index (χ3n) is 17.9. The van der Waals surface area contributed by atoms with Crippen molar-refractivity contribution in [2.24, 2.45) is 0 Å². The molecule has 5 atom stereocenters. The van der Waals surface area contributed by atoms with Gasteiger partial charge in [-0.2, -0.15) is 0 Å². The van der Waals surface area contributed by atoms with Gasteiger partial charge < -0.3 is 33.8 Å². The number of esters is 4. The highest BCUT2D eigenvalue weighted by Gasteiger charge is 2.30. The highest BCUT2D eigenvalue weighted by molar-refractivity contribution is 7.47. The number of aliphatic hydroxyl groups is 1. The second kappa shape index (κ2) is 77.4. The Kier molecular flexibility index (Phi) is 74.6. The molecule has 3 N–H and O–H groups in total. The smallest absolute Gasteiger partial charge is 0.462 e. The maximum absolute atomic E-state index is 13.1. The standard InChI is InChI=1S/C85H152O17P2/c1-5-9-13-17-21-25-29-33-36-38-39-41-43-47-50-54-58-62-66-70-83(88)96-76-81(102-85(90)72-68-64-60-56-52-48-44-40-37-34-30-26-22-18-14-10-6-2)78-100-104(93,94)98-74-79(86)73-97-103(91,92)99-77-80(101-84(89)71-67-63-59-55-51-45-32-28-24-20-16-12-8-4)75-95-82(87)69-65-61-57-53-49-46-42-35-31-27-23-19-15-11-7-3/h9-10,13-14,21-22,25-26,33-34,36-37,39,41,79-81,86H,5-8,11-12,15-20,23-24,27-32,35,38,40,42-78H2,1-4H3,(H,91,92)(H,93,94)/b13-9-,14-10-,25-21-,26-22-,36-33-,37-34-,41-39-. The van der Waals surface area contributed by atoms with Gasteiger partial charge in [0.25, 0.3) is 0 Å². The molecule has 0 heterocycles. The number of hydrogen-bond acceptors (Lipinski definition) is 15. The van der Waals surface area contributed by atoms with E-state index in [-0.39, 0.29) is 25.7 Å². The normalized spacial score (nSPS) is 14.3. The van der Waals surface area contributed by atoms with E-state index in [1.807, 2.05) is 0 Å². The van der Waals surface area contributed by atoms with Crippen molar-refractivity contribution in [3.8, 4) is 0 Å². The van der Waals surface area contributed by atoms with Crippen LogP contribution in [-0.2, 0) is 65.4 Å². The Morgan fingerprint density at radius 1 is 0.279 bits per heavy atom. The predicted molar refractivity (Wildman–Crippen MR) is 427 cm³/mol. The molecule has 0 aliphatic heterocycles. The molecule has 0 spiro atoms. The van der Waals surface area contributed by atoms with Gasteiger partial charge in [-0.1, -0.05) is 337 Å². The van der Waals surface area contributed by atoms with Crippen molar-refractivity contribution in [1.82, 2.24) is 0 Å². The summed E-state index contributed by atoms with van der Waals surface area (Å²) in [6, 6.07) is 0. The molecule has 17 nitrogen and oxygen atoms in total. The van der Waals surface area contributed by atoms with Crippen LogP contribution in [0.2, 0.25) is 0 Å². The van der Waals surface area contributed by atoms with Crippen molar-refractivity contribution in [1.29, 1.82) is 0 Å². The predicted octanol–water partition coefficient (Wildman–Crippen LogP) is 24.6. The summed E-state index contributed by atoms with van der Waals surface area (Å²) in [5, 5.41) is 10.7. The molecule has 0 amide bonds. The fraction of sp³-hybridized carbons (Fsp3) is 0.788. The van der Waals surface area contributed by atoms with Gasteiger partial charge in [-0.3, -0.25) is 37.3 Å². The fourth-order valence-electron chi connectivity index (χ4n) is 11.6. The van der Waals surface area contributed by atoms with E-state index in [0.29, 0.717) is 25.7 Å². The van der Waals surface area contributed by atoms with Gasteiger partial charge in [0.15, 0.2) is 12.2 Å². The van der Waals surface area contributed by atoms with Gasteiger partial charge in [-0.25, -0.2) is 9.13 Å². The molecular formula is C85H152O17P2. The number of phosphoric ester groups is 2. The monoisotopic (exact) mass is 1510 g/mol. The van der Waals surface area contributed by atoms with Gasteiger partial charge in [0, 0.05) is 25.7 Å². The average Bonchev–Trinajstić information content (AvgIpc) is 0.911. The largest absolute Gasteiger partial charge is 0.472 e. The minimum atomic E-state index is -4.98. The van der Waals surface area contributed by atoms with Gasteiger partial charge in [0.1, 0.15) is 19.3 Å². The molecule has 5 unspecified atom stereocenters. The molecule has 0 saturated heterocycles. The molecule has 0 aromatic heterocycles. The van der Waals surface area contributed by atoms with Gasteiger partial charge >= 0.3 is 39.5 Å². The third-order valence-corrected chi connectivity index (χ3v) is 19.8. The quantitative estimate of drug-likeness (QED) is 0.0169. The lowest BCUT2D eigenvalue weighted by atomic mass is 10.0. The first-order valence-corrected chi connectivity index (χ1v) is 44.8. The van der Waals surface area contributed by atoms with Gasteiger partial charge in [-0.15, -0.1) is 0 Å². The van der Waals surface area contributed by atoms with E-state index in [2.05, 4.69) is 113 Å². The van der Waals surface area contributed by atoms with Crippen LogP contribution in [0.1, 0.15) is 374 Å². The molecule has 0 bridgehead atoms. The zero-order chi connectivity index (χ0) is 76.0. The van der Waals surface area contributed by atoms with Crippen molar-refractivity contribution >= 4 is 39.5 Å². The summed E-state index contributed by atoms with van der Waals surface area (Å²) in [7, 11) is -9.95. The van der Waals surface area contributed by atoms with Crippen LogP contribution in [0.15, 0.2) is 85.1 Å². The minimum Gasteiger partial charge on any atom is -0.462 e. The lowest BCUT2D eigenvalue weighted by molar-refractivity contribution is -0.161. The van der Waals surface area contributed by atoms with Gasteiger partial charge in [0.05, 0.1) is 26.4 Å². The number of phosphoric acid groups is 2. The number of carbonyl (C=O) groups is 4. The Labute approximate surface area is 634 Å². The first kappa shape index (κ1) is 100. The van der Waals surface area contributed by atoms with Crippen molar-refractivity contribution in [2.45, 2.75) is 393 Å². The number of aliphatic hydroxyl groups excluding tert-OH is 1. The highest BCUT2D eigenvalue weighted by atomic mass is 31.2. The fourth-order valence-corrected chi connectivity index (χ4v) is 13.2. The van der Waals surface area contributed by atoms with E-state index in [1.54, 1.807) is 0 Å². The molecular weight excluding hydrogens is 1350 g/mol. The Balaban J connectivity index is 5.34. The van der Waals surface area contributed by atoms with Crippen LogP contribution in [0, 0.1) is 0 Å². The summed E-state index contributed by atoms with van der Waals surface area (Å²) in [5.74, 6) is -2.17. The molecule has 19 heteroatoms. The van der Waals surface area contributed by atoms with E-state index in [1.165, 1.54) is 122 Å². The maximum atomic E-state index is 13.1. The second-order valence-electron chi connectivity index (χ2n) is 28.0. The molecule has 0 saturated carbocycles. The molecule has 0 aliphatic carbocycles. The summed E-state index contributed by atoms with van der Waals surface area (Å²) in [6.45, 7) is 4.71. The third kappa shape index (κ3) is 76.4. The Morgan fingerprint density at radius 3 is 0.769 bits per heavy atom. The molecule has 0 aliphatic rings. The number of carbonyl (C=O) groups excluding carboxylic acids is 4. The SMILES string of the molecule is CC/C=C\C/C=C\C/C=C\C/C=C\CCCCCCCCC(=O)OCC(COP(=O)(O)OCC(O)COP(=O)(O)OCC(COC(=O)CCCCCCCCCCCCCCCCC)OC(=O)CCCCCCCCCCCCCCC)OC(=O)CCCCCCCCC/C=C\C/C=C\C/C=C\CC. The van der Waals surface area contributed by atoms with E-state index >= 15 is 0 Å².